The number of ether oxygens (including phenoxy) is 1. The van der Waals surface area contributed by atoms with Crippen LogP contribution in [-0.2, 0) is 6.42 Å². The van der Waals surface area contributed by atoms with E-state index in [0.29, 0.717) is 49.6 Å². The van der Waals surface area contributed by atoms with E-state index >= 15 is 0 Å². The van der Waals surface area contributed by atoms with Crippen molar-refractivity contribution < 1.29 is 19.2 Å². The average Bonchev–Trinajstić information content (AvgIpc) is 3.02. The van der Waals surface area contributed by atoms with E-state index in [-0.39, 0.29) is 12.0 Å². The van der Waals surface area contributed by atoms with Gasteiger partial charge in [-0.3, -0.25) is 9.78 Å². The first-order valence-corrected chi connectivity index (χ1v) is 8.17. The van der Waals surface area contributed by atoms with Crippen LogP contribution in [0.15, 0.2) is 35.1 Å². The van der Waals surface area contributed by atoms with Crippen molar-refractivity contribution in [3.05, 3.63) is 42.0 Å². The fourth-order valence-electron chi connectivity index (χ4n) is 2.74. The zero-order valence-electron chi connectivity index (χ0n) is 13.6. The van der Waals surface area contributed by atoms with Crippen molar-refractivity contribution in [3.8, 4) is 5.75 Å². The lowest BCUT2D eigenvalue weighted by atomic mass is 10.1. The topological polar surface area (TPSA) is 88.7 Å². The van der Waals surface area contributed by atoms with E-state index in [2.05, 4.69) is 10.1 Å². The first-order valence-electron chi connectivity index (χ1n) is 8.17. The molecule has 2 aromatic rings. The Bertz CT molecular complexity index is 673. The van der Waals surface area contributed by atoms with Gasteiger partial charge < -0.3 is 19.3 Å². The fraction of sp³-hybridized carbons (Fsp3) is 0.471. The summed E-state index contributed by atoms with van der Waals surface area (Å²) in [7, 11) is 0. The van der Waals surface area contributed by atoms with E-state index in [9.17, 15) is 9.90 Å². The zero-order valence-corrected chi connectivity index (χ0v) is 13.6. The van der Waals surface area contributed by atoms with Gasteiger partial charge in [0.1, 0.15) is 17.6 Å². The van der Waals surface area contributed by atoms with Crippen molar-refractivity contribution in [3.63, 3.8) is 0 Å². The number of likely N-dealkylation sites (tertiary alicyclic amines) is 1. The second-order valence-corrected chi connectivity index (χ2v) is 5.81. The Morgan fingerprint density at radius 1 is 1.46 bits per heavy atom. The van der Waals surface area contributed by atoms with E-state index in [1.807, 2.05) is 6.92 Å². The third kappa shape index (κ3) is 3.73. The number of aliphatic hydroxyl groups excluding tert-OH is 1. The van der Waals surface area contributed by atoms with Crippen LogP contribution in [0.5, 0.6) is 5.75 Å². The molecule has 0 aliphatic carbocycles. The molecule has 0 radical (unpaired) electrons. The van der Waals surface area contributed by atoms with Crippen molar-refractivity contribution in [1.82, 2.24) is 15.0 Å². The maximum Gasteiger partial charge on any atom is 0.276 e. The molecule has 0 saturated carbocycles. The summed E-state index contributed by atoms with van der Waals surface area (Å²) in [5.74, 6) is 1.13. The lowest BCUT2D eigenvalue weighted by Crippen LogP contribution is -2.32. The van der Waals surface area contributed by atoms with Crippen LogP contribution in [0.1, 0.15) is 36.0 Å². The smallest absolute Gasteiger partial charge is 0.276 e. The highest BCUT2D eigenvalue weighted by Crippen LogP contribution is 2.20. The molecule has 128 valence electrons. The van der Waals surface area contributed by atoms with E-state index in [4.69, 9.17) is 9.26 Å². The maximum absolute atomic E-state index is 12.5. The molecule has 3 rings (SSSR count). The molecule has 1 N–H and O–H groups in total. The van der Waals surface area contributed by atoms with Crippen molar-refractivity contribution >= 4 is 5.91 Å². The molecular weight excluding hydrogens is 310 g/mol. The molecule has 1 amide bonds. The fourth-order valence-corrected chi connectivity index (χ4v) is 2.74. The number of pyridine rings is 1. The second-order valence-electron chi connectivity index (χ2n) is 5.81. The Balaban J connectivity index is 1.64. The zero-order chi connectivity index (χ0) is 16.9. The van der Waals surface area contributed by atoms with Gasteiger partial charge in [-0.15, -0.1) is 0 Å². The molecule has 1 fully saturated rings. The Labute approximate surface area is 140 Å². The molecule has 7 heteroatoms. The number of aryl methyl sites for hydroxylation is 1. The molecule has 0 unspecified atom stereocenters. The van der Waals surface area contributed by atoms with Gasteiger partial charge in [0.15, 0.2) is 5.69 Å². The molecule has 24 heavy (non-hydrogen) atoms. The van der Waals surface area contributed by atoms with Crippen LogP contribution in [0, 0.1) is 0 Å². The van der Waals surface area contributed by atoms with Gasteiger partial charge in [0.2, 0.25) is 0 Å². The van der Waals surface area contributed by atoms with Gasteiger partial charge in [-0.05, 0) is 18.6 Å². The number of carbonyl (C=O) groups excluding carboxylic acids is 1. The Morgan fingerprint density at radius 2 is 2.29 bits per heavy atom. The third-order valence-electron chi connectivity index (χ3n) is 4.14. The second kappa shape index (κ2) is 7.44. The number of hydrogen-bond acceptors (Lipinski definition) is 6. The molecule has 1 aliphatic heterocycles. The quantitative estimate of drug-likeness (QED) is 0.917. The van der Waals surface area contributed by atoms with E-state index in [1.165, 1.54) is 0 Å². The van der Waals surface area contributed by atoms with Gasteiger partial charge in [-0.2, -0.15) is 0 Å². The molecule has 0 spiro atoms. The number of aromatic nitrogens is 2. The van der Waals surface area contributed by atoms with Crippen LogP contribution in [0.3, 0.4) is 0 Å². The summed E-state index contributed by atoms with van der Waals surface area (Å²) >= 11 is 0. The lowest BCUT2D eigenvalue weighted by Gasteiger charge is -2.21. The van der Waals surface area contributed by atoms with Crippen LogP contribution >= 0.6 is 0 Å². The van der Waals surface area contributed by atoms with Crippen molar-refractivity contribution in [2.45, 2.75) is 38.4 Å². The Kier molecular flexibility index (Phi) is 5.10. The molecule has 3 heterocycles. The minimum absolute atomic E-state index is 0.173. The van der Waals surface area contributed by atoms with Crippen LogP contribution in [-0.4, -0.2) is 51.4 Å². The summed E-state index contributed by atoms with van der Waals surface area (Å²) < 4.78 is 10.9. The number of nitrogens with zero attached hydrogens (tertiary/aromatic N) is 3. The number of amides is 1. The largest absolute Gasteiger partial charge is 0.486 e. The number of aliphatic hydroxyl groups is 1. The predicted molar refractivity (Wildman–Crippen MR) is 85.7 cm³/mol. The summed E-state index contributed by atoms with van der Waals surface area (Å²) in [4.78, 5) is 18.2. The van der Waals surface area contributed by atoms with Gasteiger partial charge in [-0.1, -0.05) is 12.1 Å². The minimum atomic E-state index is -0.633. The molecule has 0 aromatic carbocycles. The molecule has 0 bridgehead atoms. The van der Waals surface area contributed by atoms with Crippen LogP contribution in [0.4, 0.5) is 0 Å². The minimum Gasteiger partial charge on any atom is -0.486 e. The lowest BCUT2D eigenvalue weighted by molar-refractivity contribution is 0.0348. The number of carbonyl (C=O) groups is 1. The van der Waals surface area contributed by atoms with E-state index in [1.54, 1.807) is 35.5 Å². The maximum atomic E-state index is 12.5. The Hall–Kier alpha value is -2.41. The predicted octanol–water partition coefficient (Wildman–Crippen LogP) is 1.68. The average molecular weight is 331 g/mol. The van der Waals surface area contributed by atoms with Crippen LogP contribution in [0.25, 0.3) is 0 Å². The van der Waals surface area contributed by atoms with Crippen LogP contribution in [0.2, 0.25) is 0 Å². The van der Waals surface area contributed by atoms with Crippen molar-refractivity contribution in [2.75, 3.05) is 13.1 Å². The first-order chi connectivity index (χ1) is 11.7. The highest BCUT2D eigenvalue weighted by molar-refractivity contribution is 5.92. The number of hydrogen-bond donors (Lipinski definition) is 1. The number of rotatable bonds is 4. The van der Waals surface area contributed by atoms with Gasteiger partial charge in [0.25, 0.3) is 5.91 Å². The SMILES string of the molecule is CCc1cc(C(=O)N2CC[C@H](Oc3cccnc3)[C@@H](O)CC2)no1. The monoisotopic (exact) mass is 331 g/mol. The summed E-state index contributed by atoms with van der Waals surface area (Å²) in [6.45, 7) is 2.90. The summed E-state index contributed by atoms with van der Waals surface area (Å²) in [6, 6.07) is 5.26. The molecular formula is C17H21N3O4. The third-order valence-corrected chi connectivity index (χ3v) is 4.14. The summed E-state index contributed by atoms with van der Waals surface area (Å²) in [6.07, 6.45) is 3.97. The van der Waals surface area contributed by atoms with Gasteiger partial charge in [-0.25, -0.2) is 0 Å². The molecule has 7 nitrogen and oxygen atoms in total. The van der Waals surface area contributed by atoms with Crippen molar-refractivity contribution in [1.29, 1.82) is 0 Å². The highest BCUT2D eigenvalue weighted by Gasteiger charge is 2.29. The molecule has 2 atom stereocenters. The summed E-state index contributed by atoms with van der Waals surface area (Å²) in [5, 5.41) is 14.1. The normalized spacial score (nSPS) is 21.3. The highest BCUT2D eigenvalue weighted by atomic mass is 16.5. The van der Waals surface area contributed by atoms with E-state index in [0.717, 1.165) is 0 Å². The Morgan fingerprint density at radius 3 is 3.00 bits per heavy atom. The first kappa shape index (κ1) is 16.4. The summed E-state index contributed by atoms with van der Waals surface area (Å²) in [5.41, 5.74) is 0.313. The molecule has 1 saturated heterocycles. The van der Waals surface area contributed by atoms with Gasteiger partial charge >= 0.3 is 0 Å². The van der Waals surface area contributed by atoms with Gasteiger partial charge in [0, 0.05) is 38.2 Å². The molecule has 1 aliphatic rings. The standard InChI is InChI=1S/C17H21N3O4/c1-2-12-10-14(19-24-12)17(22)20-8-5-15(21)16(6-9-20)23-13-4-3-7-18-11-13/h3-4,7,10-11,15-16,21H,2,5-6,8-9H2,1H3/t15-,16-/m0/s1. The van der Waals surface area contributed by atoms with E-state index < -0.39 is 6.10 Å². The molecule has 2 aromatic heterocycles. The van der Waals surface area contributed by atoms with Crippen molar-refractivity contribution in [2.24, 2.45) is 0 Å². The van der Waals surface area contributed by atoms with Gasteiger partial charge in [0.05, 0.1) is 12.3 Å². The van der Waals surface area contributed by atoms with Crippen LogP contribution < -0.4 is 4.74 Å².